The van der Waals surface area contributed by atoms with E-state index in [1.54, 1.807) is 19.1 Å². The Morgan fingerprint density at radius 1 is 1.10 bits per heavy atom. The SMILES string of the molecule is CCOC(=O)c1ccc(Nc2nc(C)cc(N3CCc4ccccc4C3)n2)cc1. The molecule has 0 unspecified atom stereocenters. The molecular weight excluding hydrogens is 364 g/mol. The minimum Gasteiger partial charge on any atom is -0.462 e. The maximum atomic E-state index is 11.8. The van der Waals surface area contributed by atoms with Crippen molar-refractivity contribution in [3.8, 4) is 0 Å². The van der Waals surface area contributed by atoms with Crippen LogP contribution in [0.5, 0.6) is 0 Å². The fourth-order valence-corrected chi connectivity index (χ4v) is 3.49. The van der Waals surface area contributed by atoms with Gasteiger partial charge in [0.2, 0.25) is 5.95 Å². The van der Waals surface area contributed by atoms with Gasteiger partial charge in [0.25, 0.3) is 0 Å². The Hall–Kier alpha value is -3.41. The van der Waals surface area contributed by atoms with E-state index in [0.29, 0.717) is 18.1 Å². The second-order valence-corrected chi connectivity index (χ2v) is 7.05. The van der Waals surface area contributed by atoms with E-state index < -0.39 is 0 Å². The van der Waals surface area contributed by atoms with Gasteiger partial charge in [-0.25, -0.2) is 9.78 Å². The fourth-order valence-electron chi connectivity index (χ4n) is 3.49. The average Bonchev–Trinajstić information content (AvgIpc) is 2.73. The Kier molecular flexibility index (Phi) is 5.42. The number of hydrogen-bond acceptors (Lipinski definition) is 6. The van der Waals surface area contributed by atoms with Gasteiger partial charge in [-0.1, -0.05) is 24.3 Å². The van der Waals surface area contributed by atoms with Crippen LogP contribution in [0.25, 0.3) is 0 Å². The first-order chi connectivity index (χ1) is 14.1. The van der Waals surface area contributed by atoms with E-state index in [0.717, 1.165) is 36.7 Å². The first kappa shape index (κ1) is 18.9. The van der Waals surface area contributed by atoms with Gasteiger partial charge >= 0.3 is 5.97 Å². The van der Waals surface area contributed by atoms with Gasteiger partial charge in [-0.05, 0) is 55.7 Å². The molecule has 1 aliphatic rings. The molecule has 3 aromatic rings. The Balaban J connectivity index is 1.51. The molecule has 2 aromatic carbocycles. The molecule has 0 spiro atoms. The monoisotopic (exact) mass is 388 g/mol. The van der Waals surface area contributed by atoms with Crippen molar-refractivity contribution in [3.63, 3.8) is 0 Å². The zero-order valence-electron chi connectivity index (χ0n) is 16.7. The van der Waals surface area contributed by atoms with Crippen molar-refractivity contribution >= 4 is 23.4 Å². The summed E-state index contributed by atoms with van der Waals surface area (Å²) in [5.41, 5.74) is 5.00. The zero-order valence-corrected chi connectivity index (χ0v) is 16.7. The summed E-state index contributed by atoms with van der Waals surface area (Å²) in [6, 6.07) is 17.7. The summed E-state index contributed by atoms with van der Waals surface area (Å²) < 4.78 is 5.02. The number of esters is 1. The normalized spacial score (nSPS) is 13.0. The maximum absolute atomic E-state index is 11.8. The molecule has 0 aliphatic carbocycles. The largest absolute Gasteiger partial charge is 0.462 e. The molecule has 6 heteroatoms. The number of rotatable bonds is 5. The third kappa shape index (κ3) is 4.37. The molecule has 0 saturated carbocycles. The molecule has 0 bridgehead atoms. The van der Waals surface area contributed by atoms with Crippen LogP contribution >= 0.6 is 0 Å². The molecule has 0 radical (unpaired) electrons. The van der Waals surface area contributed by atoms with Crippen molar-refractivity contribution in [3.05, 3.63) is 77.0 Å². The van der Waals surface area contributed by atoms with Gasteiger partial charge in [0, 0.05) is 30.5 Å². The van der Waals surface area contributed by atoms with E-state index in [9.17, 15) is 4.79 Å². The van der Waals surface area contributed by atoms with Crippen LogP contribution in [0, 0.1) is 6.92 Å². The smallest absolute Gasteiger partial charge is 0.338 e. The van der Waals surface area contributed by atoms with Crippen LogP contribution < -0.4 is 10.2 Å². The summed E-state index contributed by atoms with van der Waals surface area (Å²) in [5.74, 6) is 1.14. The first-order valence-corrected chi connectivity index (χ1v) is 9.84. The van der Waals surface area contributed by atoms with Gasteiger partial charge in [-0.3, -0.25) is 0 Å². The van der Waals surface area contributed by atoms with Crippen molar-refractivity contribution in [1.82, 2.24) is 9.97 Å². The van der Waals surface area contributed by atoms with E-state index in [-0.39, 0.29) is 5.97 Å². The molecule has 2 heterocycles. The number of carbonyl (C=O) groups excluding carboxylic acids is 1. The number of anilines is 3. The Morgan fingerprint density at radius 2 is 1.86 bits per heavy atom. The Bertz CT molecular complexity index is 1020. The van der Waals surface area contributed by atoms with Crippen LogP contribution in [-0.4, -0.2) is 29.1 Å². The van der Waals surface area contributed by atoms with Crippen molar-refractivity contribution in [2.45, 2.75) is 26.8 Å². The summed E-state index contributed by atoms with van der Waals surface area (Å²) >= 11 is 0. The number of carbonyl (C=O) groups is 1. The molecular formula is C23H24N4O2. The summed E-state index contributed by atoms with van der Waals surface area (Å²) in [5, 5.41) is 3.24. The highest BCUT2D eigenvalue weighted by Crippen LogP contribution is 2.25. The number of benzene rings is 2. The summed E-state index contributed by atoms with van der Waals surface area (Å²) in [7, 11) is 0. The van der Waals surface area contributed by atoms with Crippen LogP contribution in [0.3, 0.4) is 0 Å². The van der Waals surface area contributed by atoms with E-state index in [2.05, 4.69) is 39.5 Å². The van der Waals surface area contributed by atoms with Gasteiger partial charge in [0.05, 0.1) is 12.2 Å². The highest BCUT2D eigenvalue weighted by Gasteiger charge is 2.18. The molecule has 6 nitrogen and oxygen atoms in total. The number of aromatic nitrogens is 2. The van der Waals surface area contributed by atoms with E-state index >= 15 is 0 Å². The third-order valence-electron chi connectivity index (χ3n) is 4.95. The quantitative estimate of drug-likeness (QED) is 0.659. The predicted molar refractivity (Wildman–Crippen MR) is 114 cm³/mol. The summed E-state index contributed by atoms with van der Waals surface area (Å²) in [6.45, 7) is 5.90. The van der Waals surface area contributed by atoms with Gasteiger partial charge in [0.15, 0.2) is 0 Å². The number of nitrogens with one attached hydrogen (secondary N) is 1. The molecule has 4 rings (SSSR count). The molecule has 0 saturated heterocycles. The lowest BCUT2D eigenvalue weighted by Crippen LogP contribution is -2.31. The van der Waals surface area contributed by atoms with Gasteiger partial charge in [-0.15, -0.1) is 0 Å². The molecule has 1 aliphatic heterocycles. The highest BCUT2D eigenvalue weighted by atomic mass is 16.5. The van der Waals surface area contributed by atoms with E-state index in [1.807, 2.05) is 25.1 Å². The van der Waals surface area contributed by atoms with Crippen molar-refractivity contribution in [2.24, 2.45) is 0 Å². The number of hydrogen-bond donors (Lipinski definition) is 1. The first-order valence-electron chi connectivity index (χ1n) is 9.84. The highest BCUT2D eigenvalue weighted by molar-refractivity contribution is 5.89. The van der Waals surface area contributed by atoms with Crippen LogP contribution in [-0.2, 0) is 17.7 Å². The molecule has 1 aromatic heterocycles. The lowest BCUT2D eigenvalue weighted by Gasteiger charge is -2.30. The van der Waals surface area contributed by atoms with E-state index in [4.69, 9.17) is 9.72 Å². The number of ether oxygens (including phenoxy) is 1. The lowest BCUT2D eigenvalue weighted by atomic mass is 10.00. The maximum Gasteiger partial charge on any atom is 0.338 e. The molecule has 1 N–H and O–H groups in total. The molecule has 0 atom stereocenters. The van der Waals surface area contributed by atoms with Crippen molar-refractivity contribution in [1.29, 1.82) is 0 Å². The van der Waals surface area contributed by atoms with E-state index in [1.165, 1.54) is 11.1 Å². The summed E-state index contributed by atoms with van der Waals surface area (Å²) in [6.07, 6.45) is 1.01. The topological polar surface area (TPSA) is 67.3 Å². The molecule has 0 fully saturated rings. The lowest BCUT2D eigenvalue weighted by molar-refractivity contribution is 0.0526. The Morgan fingerprint density at radius 3 is 2.62 bits per heavy atom. The van der Waals surface area contributed by atoms with Crippen LogP contribution in [0.15, 0.2) is 54.6 Å². The number of aryl methyl sites for hydroxylation is 1. The van der Waals surface area contributed by atoms with Crippen LogP contribution in [0.2, 0.25) is 0 Å². The predicted octanol–water partition coefficient (Wildman–Crippen LogP) is 4.27. The second kappa shape index (κ2) is 8.31. The fraction of sp³-hybridized carbons (Fsp3) is 0.261. The third-order valence-corrected chi connectivity index (χ3v) is 4.95. The standard InChI is InChI=1S/C23H24N4O2/c1-3-29-22(28)18-8-10-20(11-9-18)25-23-24-16(2)14-21(26-23)27-13-12-17-6-4-5-7-19(17)15-27/h4-11,14H,3,12-13,15H2,1-2H3,(H,24,25,26). The van der Waals surface area contributed by atoms with Crippen molar-refractivity contribution in [2.75, 3.05) is 23.4 Å². The minimum atomic E-state index is -0.321. The van der Waals surface area contributed by atoms with Gasteiger partial charge in [-0.2, -0.15) is 4.98 Å². The van der Waals surface area contributed by atoms with Gasteiger partial charge in [0.1, 0.15) is 5.82 Å². The zero-order chi connectivity index (χ0) is 20.2. The number of fused-ring (bicyclic) bond motifs is 1. The molecule has 0 amide bonds. The van der Waals surface area contributed by atoms with Crippen molar-refractivity contribution < 1.29 is 9.53 Å². The summed E-state index contributed by atoms with van der Waals surface area (Å²) in [4.78, 5) is 23.3. The minimum absolute atomic E-state index is 0.321. The Labute approximate surface area is 170 Å². The average molecular weight is 388 g/mol. The van der Waals surface area contributed by atoms with Gasteiger partial charge < -0.3 is 15.0 Å². The molecule has 29 heavy (non-hydrogen) atoms. The molecule has 148 valence electrons. The number of nitrogens with zero attached hydrogens (tertiary/aromatic N) is 3. The second-order valence-electron chi connectivity index (χ2n) is 7.05. The van der Waals surface area contributed by atoms with Crippen LogP contribution in [0.1, 0.15) is 34.1 Å². The van der Waals surface area contributed by atoms with Crippen LogP contribution in [0.4, 0.5) is 17.5 Å².